The molecular formula is C13H16N2O4. The molecule has 2 atom stereocenters. The Morgan fingerprint density at radius 3 is 2.63 bits per heavy atom. The van der Waals surface area contributed by atoms with Crippen molar-refractivity contribution < 1.29 is 14.5 Å². The summed E-state index contributed by atoms with van der Waals surface area (Å²) in [5.41, 5.74) is 0.805. The largest absolute Gasteiger partial charge is 0.464 e. The van der Waals surface area contributed by atoms with Crippen LogP contribution in [0.3, 0.4) is 0 Å². The molecule has 0 fully saturated rings. The number of rotatable bonds is 7. The van der Waals surface area contributed by atoms with E-state index in [2.05, 4.69) is 16.6 Å². The van der Waals surface area contributed by atoms with Gasteiger partial charge >= 0.3 is 12.0 Å². The van der Waals surface area contributed by atoms with E-state index < -0.39 is 23.0 Å². The van der Waals surface area contributed by atoms with Crippen LogP contribution in [-0.4, -0.2) is 30.1 Å². The van der Waals surface area contributed by atoms with Gasteiger partial charge in [-0.15, -0.1) is 6.58 Å². The number of ether oxygens (including phenoxy) is 1. The maximum Gasteiger partial charge on any atom is 0.381 e. The first kappa shape index (κ1) is 14.7. The van der Waals surface area contributed by atoms with Gasteiger partial charge in [-0.05, 0) is 12.1 Å². The molecular weight excluding hydrogens is 248 g/mol. The lowest BCUT2D eigenvalue weighted by Gasteiger charge is -2.17. The van der Waals surface area contributed by atoms with Crippen molar-refractivity contribution >= 4 is 11.7 Å². The van der Waals surface area contributed by atoms with Gasteiger partial charge in [0.05, 0.1) is 19.6 Å². The van der Waals surface area contributed by atoms with Gasteiger partial charge in [-0.2, -0.15) is 0 Å². The van der Waals surface area contributed by atoms with Crippen molar-refractivity contribution in [2.75, 3.05) is 12.4 Å². The van der Waals surface area contributed by atoms with E-state index in [1.165, 1.54) is 6.08 Å². The van der Waals surface area contributed by atoms with Crippen molar-refractivity contribution in [3.63, 3.8) is 0 Å². The molecule has 1 N–H and O–H groups in total. The van der Waals surface area contributed by atoms with Gasteiger partial charge < -0.3 is 10.1 Å². The number of nitrogens with zero attached hydrogens (tertiary/aromatic N) is 1. The number of hydrogen-bond acceptors (Lipinski definition) is 5. The van der Waals surface area contributed by atoms with Crippen molar-refractivity contribution in [1.29, 1.82) is 0 Å². The van der Waals surface area contributed by atoms with Gasteiger partial charge in [-0.3, -0.25) is 10.1 Å². The molecule has 0 bridgehead atoms. The molecule has 19 heavy (non-hydrogen) atoms. The molecule has 6 nitrogen and oxygen atoms in total. The van der Waals surface area contributed by atoms with Gasteiger partial charge in [0.15, 0.2) is 0 Å². The minimum absolute atomic E-state index is 0.0158. The molecule has 1 aromatic carbocycles. The van der Waals surface area contributed by atoms with Crippen LogP contribution in [0, 0.1) is 10.1 Å². The monoisotopic (exact) mass is 264 g/mol. The number of hydrogen-bond donors (Lipinski definition) is 1. The summed E-state index contributed by atoms with van der Waals surface area (Å²) in [5.74, 6) is -0.855. The number of benzene rings is 1. The van der Waals surface area contributed by atoms with Crippen molar-refractivity contribution in [2.45, 2.75) is 18.5 Å². The Kier molecular flexibility index (Phi) is 5.53. The lowest BCUT2D eigenvalue weighted by Crippen LogP contribution is -2.36. The van der Waals surface area contributed by atoms with E-state index in [1.54, 1.807) is 0 Å². The smallest absolute Gasteiger partial charge is 0.381 e. The molecule has 1 aromatic rings. The summed E-state index contributed by atoms with van der Waals surface area (Å²) < 4.78 is 4.43. The second kappa shape index (κ2) is 7.15. The number of carbonyl (C=O) groups excluding carboxylic acids is 1. The summed E-state index contributed by atoms with van der Waals surface area (Å²) in [7, 11) is 1.13. The van der Waals surface area contributed by atoms with E-state index in [9.17, 15) is 14.9 Å². The summed E-state index contributed by atoms with van der Waals surface area (Å²) in [6.45, 7) is 3.62. The Labute approximate surface area is 111 Å². The summed E-state index contributed by atoms with van der Waals surface area (Å²) in [6, 6.07) is 7.41. The normalized spacial score (nSPS) is 13.1. The van der Waals surface area contributed by atoms with Gasteiger partial charge in [-0.25, -0.2) is 4.79 Å². The second-order valence-corrected chi connectivity index (χ2v) is 3.91. The van der Waals surface area contributed by atoms with Crippen LogP contribution in [0.15, 0.2) is 43.0 Å². The van der Waals surface area contributed by atoms with Gasteiger partial charge in [0, 0.05) is 10.6 Å². The van der Waals surface area contributed by atoms with Crippen LogP contribution in [0.4, 0.5) is 5.69 Å². The number of carbonyl (C=O) groups is 1. The van der Waals surface area contributed by atoms with Gasteiger partial charge in [0.25, 0.3) is 0 Å². The molecule has 6 heteroatoms. The zero-order chi connectivity index (χ0) is 14.3. The fraction of sp³-hybridized carbons (Fsp3) is 0.308. The molecule has 0 saturated carbocycles. The fourth-order valence-corrected chi connectivity index (χ4v) is 1.61. The third kappa shape index (κ3) is 4.42. The minimum atomic E-state index is -1.40. The zero-order valence-corrected chi connectivity index (χ0v) is 10.6. The van der Waals surface area contributed by atoms with Crippen molar-refractivity contribution in [1.82, 2.24) is 0 Å². The highest BCUT2D eigenvalue weighted by Crippen LogP contribution is 2.13. The average Bonchev–Trinajstić information content (AvgIpc) is 2.43. The fourth-order valence-electron chi connectivity index (χ4n) is 1.61. The number of esters is 1. The van der Waals surface area contributed by atoms with E-state index in [-0.39, 0.29) is 6.42 Å². The Morgan fingerprint density at radius 2 is 2.16 bits per heavy atom. The average molecular weight is 264 g/mol. The van der Waals surface area contributed by atoms with Crippen LogP contribution < -0.4 is 5.32 Å². The predicted octanol–water partition coefficient (Wildman–Crippen LogP) is 1.86. The minimum Gasteiger partial charge on any atom is -0.464 e. The maximum atomic E-state index is 11.3. The lowest BCUT2D eigenvalue weighted by molar-refractivity contribution is -0.511. The van der Waals surface area contributed by atoms with E-state index >= 15 is 0 Å². The van der Waals surface area contributed by atoms with Crippen LogP contribution in [0.25, 0.3) is 0 Å². The van der Waals surface area contributed by atoms with E-state index in [1.807, 2.05) is 30.3 Å². The van der Waals surface area contributed by atoms with E-state index in [4.69, 9.17) is 0 Å². The molecule has 0 aliphatic heterocycles. The third-order valence-electron chi connectivity index (χ3n) is 2.62. The molecule has 0 heterocycles. The molecule has 102 valence electrons. The third-order valence-corrected chi connectivity index (χ3v) is 2.62. The summed E-state index contributed by atoms with van der Waals surface area (Å²) >= 11 is 0. The topological polar surface area (TPSA) is 81.5 Å². The van der Waals surface area contributed by atoms with Gasteiger partial charge in [0.2, 0.25) is 0 Å². The maximum absolute atomic E-state index is 11.3. The molecule has 0 amide bonds. The van der Waals surface area contributed by atoms with Crippen LogP contribution in [0.1, 0.15) is 6.42 Å². The zero-order valence-electron chi connectivity index (χ0n) is 10.6. The number of nitro groups is 1. The summed E-state index contributed by atoms with van der Waals surface area (Å²) in [4.78, 5) is 21.5. The highest BCUT2D eigenvalue weighted by Gasteiger charge is 2.33. The highest BCUT2D eigenvalue weighted by molar-refractivity contribution is 5.74. The Balaban J connectivity index is 2.72. The first-order chi connectivity index (χ1) is 9.08. The van der Waals surface area contributed by atoms with Crippen LogP contribution in [0.5, 0.6) is 0 Å². The van der Waals surface area contributed by atoms with Crippen LogP contribution in [0.2, 0.25) is 0 Å². The number of methoxy groups -OCH3 is 1. The molecule has 0 radical (unpaired) electrons. The summed E-state index contributed by atoms with van der Waals surface area (Å²) in [6.07, 6.45) is 1.52. The predicted molar refractivity (Wildman–Crippen MR) is 71.5 cm³/mol. The van der Waals surface area contributed by atoms with Crippen molar-refractivity contribution in [3.8, 4) is 0 Å². The van der Waals surface area contributed by atoms with E-state index in [0.717, 1.165) is 12.8 Å². The molecule has 1 rings (SSSR count). The van der Waals surface area contributed by atoms with Crippen LogP contribution in [-0.2, 0) is 9.53 Å². The number of nitrogens with one attached hydrogen (secondary N) is 1. The lowest BCUT2D eigenvalue weighted by atomic mass is 10.1. The van der Waals surface area contributed by atoms with Crippen LogP contribution >= 0.6 is 0 Å². The summed E-state index contributed by atoms with van der Waals surface area (Å²) in [5, 5.41) is 13.9. The first-order valence-corrected chi connectivity index (χ1v) is 5.74. The molecule has 0 aliphatic carbocycles. The molecule has 0 spiro atoms. The van der Waals surface area contributed by atoms with E-state index in [0.29, 0.717) is 0 Å². The quantitative estimate of drug-likeness (QED) is 0.352. The second-order valence-electron chi connectivity index (χ2n) is 3.91. The van der Waals surface area contributed by atoms with Crippen molar-refractivity contribution in [2.24, 2.45) is 0 Å². The highest BCUT2D eigenvalue weighted by atomic mass is 16.6. The van der Waals surface area contributed by atoms with Crippen molar-refractivity contribution in [3.05, 3.63) is 53.1 Å². The Bertz CT molecular complexity index is 447. The molecule has 2 unspecified atom stereocenters. The molecule has 0 aromatic heterocycles. The number of anilines is 1. The van der Waals surface area contributed by atoms with Gasteiger partial charge in [-0.1, -0.05) is 24.3 Å². The number of para-hydroxylation sites is 1. The molecule has 0 aliphatic rings. The Morgan fingerprint density at radius 1 is 1.53 bits per heavy atom. The SMILES string of the molecule is C=CC(CC(C(=O)OC)[N+](=O)[O-])Nc1ccccc1. The Hall–Kier alpha value is -2.37. The molecule has 0 saturated heterocycles. The first-order valence-electron chi connectivity index (χ1n) is 5.74. The van der Waals surface area contributed by atoms with Gasteiger partial charge in [0.1, 0.15) is 0 Å². The standard InChI is InChI=1S/C13H16N2O4/c1-3-10(14-11-7-5-4-6-8-11)9-12(15(17)18)13(16)19-2/h3-8,10,12,14H,1,9H2,2H3.